The van der Waals surface area contributed by atoms with E-state index in [4.69, 9.17) is 9.72 Å². The molecule has 1 saturated heterocycles. The van der Waals surface area contributed by atoms with Gasteiger partial charge >= 0.3 is 5.97 Å². The maximum atomic E-state index is 12.9. The van der Waals surface area contributed by atoms with Gasteiger partial charge in [0.1, 0.15) is 6.04 Å². The van der Waals surface area contributed by atoms with Crippen LogP contribution in [0, 0.1) is 6.92 Å². The second-order valence-electron chi connectivity index (χ2n) is 7.72. The molecule has 1 unspecified atom stereocenters. The lowest BCUT2D eigenvalue weighted by atomic mass is 10.0. The van der Waals surface area contributed by atoms with Crippen LogP contribution >= 0.6 is 11.3 Å². The summed E-state index contributed by atoms with van der Waals surface area (Å²) in [6.45, 7) is 3.24. The molecule has 1 aromatic heterocycles. The van der Waals surface area contributed by atoms with Crippen molar-refractivity contribution >= 4 is 39.1 Å². The van der Waals surface area contributed by atoms with Gasteiger partial charge in [-0.2, -0.15) is 0 Å². The summed E-state index contributed by atoms with van der Waals surface area (Å²) >= 11 is 1.73. The molecule has 2 N–H and O–H groups in total. The van der Waals surface area contributed by atoms with Crippen LogP contribution in [0.3, 0.4) is 0 Å². The van der Waals surface area contributed by atoms with E-state index in [1.54, 1.807) is 23.5 Å². The first-order chi connectivity index (χ1) is 14.5. The number of piperidine rings is 1. The largest absolute Gasteiger partial charge is 0.465 e. The summed E-state index contributed by atoms with van der Waals surface area (Å²) in [5.41, 5.74) is 3.02. The average Bonchev–Trinajstić information content (AvgIpc) is 3.19. The number of quaternary nitrogens is 1. The smallest absolute Gasteiger partial charge is 0.337 e. The van der Waals surface area contributed by atoms with Crippen molar-refractivity contribution < 1.29 is 19.2 Å². The van der Waals surface area contributed by atoms with Crippen LogP contribution in [-0.4, -0.2) is 37.1 Å². The number of carbonyl (C=O) groups excluding carboxylic acids is 2. The molecule has 7 heteroatoms. The quantitative estimate of drug-likeness (QED) is 0.617. The fraction of sp³-hybridized carbons (Fsp3) is 0.348. The van der Waals surface area contributed by atoms with Gasteiger partial charge in [-0.1, -0.05) is 18.2 Å². The van der Waals surface area contributed by atoms with Crippen molar-refractivity contribution in [2.75, 3.05) is 25.5 Å². The number of nitrogens with zero attached hydrogens (tertiary/aromatic N) is 1. The Kier molecular flexibility index (Phi) is 6.11. The molecule has 1 fully saturated rings. The van der Waals surface area contributed by atoms with E-state index in [1.807, 2.05) is 31.2 Å². The molecule has 6 nitrogen and oxygen atoms in total. The number of rotatable bonds is 5. The third-order valence-electron chi connectivity index (χ3n) is 5.66. The molecule has 156 valence electrons. The van der Waals surface area contributed by atoms with Gasteiger partial charge in [-0.15, -0.1) is 11.3 Å². The SMILES string of the molecule is COC(=O)c1ccc(C)c(NC(=O)C[NH+]2CCCC[C@H]2c2nc3ccccc3s2)c1. The number of nitrogens with one attached hydrogen (secondary N) is 2. The summed E-state index contributed by atoms with van der Waals surface area (Å²) in [6, 6.07) is 13.6. The number of aromatic nitrogens is 1. The Labute approximate surface area is 179 Å². The summed E-state index contributed by atoms with van der Waals surface area (Å²) in [5.74, 6) is -0.466. The van der Waals surface area contributed by atoms with E-state index < -0.39 is 5.97 Å². The number of ether oxygens (including phenoxy) is 1. The number of fused-ring (bicyclic) bond motifs is 1. The topological polar surface area (TPSA) is 72.7 Å². The molecule has 2 heterocycles. The van der Waals surface area contributed by atoms with Gasteiger partial charge in [-0.05, 0) is 49.6 Å². The van der Waals surface area contributed by atoms with Gasteiger partial charge in [0.15, 0.2) is 11.6 Å². The van der Waals surface area contributed by atoms with Crippen molar-refractivity contribution in [3.8, 4) is 0 Å². The maximum Gasteiger partial charge on any atom is 0.337 e. The minimum absolute atomic E-state index is 0.0527. The molecule has 1 aliphatic rings. The summed E-state index contributed by atoms with van der Waals surface area (Å²) in [5, 5.41) is 4.10. The number of esters is 1. The minimum Gasteiger partial charge on any atom is -0.465 e. The lowest BCUT2D eigenvalue weighted by molar-refractivity contribution is -0.929. The van der Waals surface area contributed by atoms with E-state index in [0.717, 1.165) is 41.9 Å². The van der Waals surface area contributed by atoms with E-state index in [1.165, 1.54) is 16.7 Å². The number of aryl methyl sites for hydroxylation is 1. The number of para-hydroxylation sites is 1. The van der Waals surface area contributed by atoms with Crippen LogP contribution in [0.4, 0.5) is 5.69 Å². The first-order valence-electron chi connectivity index (χ1n) is 10.2. The van der Waals surface area contributed by atoms with Crippen LogP contribution in [0.1, 0.15) is 46.2 Å². The Morgan fingerprint density at radius 3 is 2.87 bits per heavy atom. The average molecular weight is 425 g/mol. The van der Waals surface area contributed by atoms with E-state index >= 15 is 0 Å². The number of anilines is 1. The lowest BCUT2D eigenvalue weighted by Crippen LogP contribution is -3.14. The minimum atomic E-state index is -0.414. The van der Waals surface area contributed by atoms with Gasteiger partial charge in [-0.3, -0.25) is 4.79 Å². The van der Waals surface area contributed by atoms with Gasteiger partial charge in [0, 0.05) is 12.1 Å². The van der Waals surface area contributed by atoms with Crippen LogP contribution in [-0.2, 0) is 9.53 Å². The number of carbonyl (C=O) groups is 2. The van der Waals surface area contributed by atoms with Gasteiger partial charge in [0.2, 0.25) is 0 Å². The zero-order chi connectivity index (χ0) is 21.1. The van der Waals surface area contributed by atoms with E-state index in [0.29, 0.717) is 17.8 Å². The fourth-order valence-corrected chi connectivity index (χ4v) is 5.19. The second kappa shape index (κ2) is 8.93. The molecule has 0 bridgehead atoms. The van der Waals surface area contributed by atoms with Crippen molar-refractivity contribution in [2.45, 2.75) is 32.2 Å². The molecule has 0 aliphatic carbocycles. The van der Waals surface area contributed by atoms with Crippen molar-refractivity contribution in [3.05, 3.63) is 58.6 Å². The predicted molar refractivity (Wildman–Crippen MR) is 118 cm³/mol. The third kappa shape index (κ3) is 4.37. The highest BCUT2D eigenvalue weighted by Gasteiger charge is 2.32. The molecule has 2 aromatic carbocycles. The standard InChI is InChI=1S/C23H25N3O3S/c1-15-10-11-16(23(28)29-2)13-18(15)24-21(27)14-26-12-6-5-8-19(26)22-25-17-7-3-4-9-20(17)30-22/h3-4,7,9-11,13,19H,5-6,8,12,14H2,1-2H3,(H,24,27)/p+1/t19-/m0/s1. The van der Waals surface area contributed by atoms with Gasteiger partial charge in [0.05, 0.1) is 29.4 Å². The van der Waals surface area contributed by atoms with Gasteiger partial charge in [0.25, 0.3) is 5.91 Å². The number of benzene rings is 2. The Morgan fingerprint density at radius 1 is 1.23 bits per heavy atom. The van der Waals surface area contributed by atoms with Crippen LogP contribution in [0.15, 0.2) is 42.5 Å². The van der Waals surface area contributed by atoms with Crippen molar-refractivity contribution in [1.29, 1.82) is 0 Å². The van der Waals surface area contributed by atoms with E-state index in [9.17, 15) is 9.59 Å². The molecular weight excluding hydrogens is 398 g/mol. The molecule has 3 aromatic rings. The molecule has 2 atom stereocenters. The van der Waals surface area contributed by atoms with E-state index in [-0.39, 0.29) is 11.9 Å². The first-order valence-corrected chi connectivity index (χ1v) is 11.1. The molecule has 0 radical (unpaired) electrons. The molecule has 0 spiro atoms. The summed E-state index contributed by atoms with van der Waals surface area (Å²) in [6.07, 6.45) is 3.31. The molecular formula is C23H26N3O3S+. The van der Waals surface area contributed by atoms with Crippen LogP contribution in [0.25, 0.3) is 10.2 Å². The maximum absolute atomic E-state index is 12.9. The fourth-order valence-electron chi connectivity index (χ4n) is 4.03. The number of likely N-dealkylation sites (tertiary alicyclic amines) is 1. The van der Waals surface area contributed by atoms with Crippen molar-refractivity contribution in [2.24, 2.45) is 0 Å². The zero-order valence-corrected chi connectivity index (χ0v) is 18.1. The lowest BCUT2D eigenvalue weighted by Gasteiger charge is -2.30. The first kappa shape index (κ1) is 20.5. The van der Waals surface area contributed by atoms with E-state index in [2.05, 4.69) is 11.4 Å². The second-order valence-corrected chi connectivity index (χ2v) is 8.78. The number of amides is 1. The Bertz CT molecular complexity index is 1050. The van der Waals surface area contributed by atoms with Crippen LogP contribution in [0.2, 0.25) is 0 Å². The molecule has 30 heavy (non-hydrogen) atoms. The summed E-state index contributed by atoms with van der Waals surface area (Å²) < 4.78 is 5.98. The predicted octanol–water partition coefficient (Wildman–Crippen LogP) is 3.14. The Morgan fingerprint density at radius 2 is 2.07 bits per heavy atom. The molecule has 0 saturated carbocycles. The number of thiazole rings is 1. The number of methoxy groups -OCH3 is 1. The highest BCUT2D eigenvalue weighted by Crippen LogP contribution is 2.28. The molecule has 4 rings (SSSR count). The Balaban J connectivity index is 1.49. The summed E-state index contributed by atoms with van der Waals surface area (Å²) in [7, 11) is 1.35. The van der Waals surface area contributed by atoms with Crippen LogP contribution in [0.5, 0.6) is 0 Å². The van der Waals surface area contributed by atoms with Crippen LogP contribution < -0.4 is 10.2 Å². The monoisotopic (exact) mass is 424 g/mol. The normalized spacial score (nSPS) is 18.9. The highest BCUT2D eigenvalue weighted by molar-refractivity contribution is 7.18. The summed E-state index contributed by atoms with van der Waals surface area (Å²) in [4.78, 5) is 30.8. The zero-order valence-electron chi connectivity index (χ0n) is 17.2. The highest BCUT2D eigenvalue weighted by atomic mass is 32.1. The number of hydrogen-bond donors (Lipinski definition) is 2. The third-order valence-corrected chi connectivity index (χ3v) is 6.81. The molecule has 1 aliphatic heterocycles. The van der Waals surface area contributed by atoms with Crippen molar-refractivity contribution in [1.82, 2.24) is 4.98 Å². The van der Waals surface area contributed by atoms with Gasteiger partial charge < -0.3 is 15.0 Å². The van der Waals surface area contributed by atoms with Gasteiger partial charge in [-0.25, -0.2) is 9.78 Å². The number of hydrogen-bond acceptors (Lipinski definition) is 5. The van der Waals surface area contributed by atoms with Crippen molar-refractivity contribution in [3.63, 3.8) is 0 Å². The molecule has 1 amide bonds. The Hall–Kier alpha value is -2.77.